The molecule has 0 spiro atoms. The summed E-state index contributed by atoms with van der Waals surface area (Å²) < 4.78 is 11.3. The van der Waals surface area contributed by atoms with Crippen molar-refractivity contribution in [3.63, 3.8) is 0 Å². The highest BCUT2D eigenvalue weighted by Gasteiger charge is 2.31. The zero-order chi connectivity index (χ0) is 9.26. The molecular formula is C10H19NOS. The lowest BCUT2D eigenvalue weighted by Gasteiger charge is -2.17. The Labute approximate surface area is 82.9 Å². The van der Waals surface area contributed by atoms with Crippen LogP contribution < -0.4 is 5.32 Å². The first-order valence-corrected chi connectivity index (χ1v) is 6.80. The number of hydrogen-bond donors (Lipinski definition) is 1. The summed E-state index contributed by atoms with van der Waals surface area (Å²) in [6.07, 6.45) is 2.63. The van der Waals surface area contributed by atoms with Crippen molar-refractivity contribution in [1.82, 2.24) is 5.32 Å². The van der Waals surface area contributed by atoms with Crippen LogP contribution in [0.2, 0.25) is 0 Å². The Hall–Kier alpha value is 0.110. The molecule has 13 heavy (non-hydrogen) atoms. The summed E-state index contributed by atoms with van der Waals surface area (Å²) >= 11 is 0. The van der Waals surface area contributed by atoms with E-state index in [4.69, 9.17) is 0 Å². The fraction of sp³-hybridized carbons (Fsp3) is 1.00. The molecule has 76 valence electrons. The van der Waals surface area contributed by atoms with E-state index < -0.39 is 10.8 Å². The first-order valence-electron chi connectivity index (χ1n) is 5.31. The van der Waals surface area contributed by atoms with Gasteiger partial charge in [0.05, 0.1) is 0 Å². The van der Waals surface area contributed by atoms with Crippen molar-refractivity contribution in [2.24, 2.45) is 17.8 Å². The van der Waals surface area contributed by atoms with Crippen LogP contribution >= 0.6 is 0 Å². The molecule has 0 amide bonds. The van der Waals surface area contributed by atoms with Crippen LogP contribution in [0.25, 0.3) is 0 Å². The monoisotopic (exact) mass is 201 g/mol. The topological polar surface area (TPSA) is 29.1 Å². The third kappa shape index (κ3) is 2.32. The van der Waals surface area contributed by atoms with E-state index in [2.05, 4.69) is 12.2 Å². The van der Waals surface area contributed by atoms with Crippen molar-refractivity contribution in [1.29, 1.82) is 0 Å². The maximum Gasteiger partial charge on any atom is 0.0266 e. The molecule has 2 fully saturated rings. The van der Waals surface area contributed by atoms with Gasteiger partial charge in [-0.05, 0) is 43.7 Å². The normalized spacial score (nSPS) is 45.6. The van der Waals surface area contributed by atoms with E-state index in [0.717, 1.165) is 23.3 Å². The van der Waals surface area contributed by atoms with Crippen molar-refractivity contribution in [3.8, 4) is 0 Å². The molecule has 0 aromatic rings. The first-order chi connectivity index (χ1) is 6.25. The van der Waals surface area contributed by atoms with Crippen LogP contribution in [0, 0.1) is 17.8 Å². The summed E-state index contributed by atoms with van der Waals surface area (Å²) in [6.45, 7) is 4.64. The fourth-order valence-electron chi connectivity index (χ4n) is 2.54. The first kappa shape index (κ1) is 9.66. The standard InChI is InChI=1S/C10H19NOS/c1-8-6-13(12)7-10(8)4-9-2-3-11-5-9/h8-11H,2-7H2,1H3. The molecule has 0 saturated carbocycles. The van der Waals surface area contributed by atoms with Gasteiger partial charge in [-0.2, -0.15) is 0 Å². The summed E-state index contributed by atoms with van der Waals surface area (Å²) in [5.41, 5.74) is 0. The number of hydrogen-bond acceptors (Lipinski definition) is 2. The van der Waals surface area contributed by atoms with Crippen LogP contribution in [0.15, 0.2) is 0 Å². The Balaban J connectivity index is 1.83. The summed E-state index contributed by atoms with van der Waals surface area (Å²) in [5, 5.41) is 3.40. The molecule has 2 aliphatic heterocycles. The lowest BCUT2D eigenvalue weighted by Crippen LogP contribution is -2.16. The van der Waals surface area contributed by atoms with E-state index in [0.29, 0.717) is 5.92 Å². The zero-order valence-electron chi connectivity index (χ0n) is 8.29. The molecule has 0 aliphatic carbocycles. The van der Waals surface area contributed by atoms with Crippen molar-refractivity contribution in [3.05, 3.63) is 0 Å². The molecule has 3 heteroatoms. The molecule has 1 N–H and O–H groups in total. The molecular weight excluding hydrogens is 182 g/mol. The number of rotatable bonds is 2. The van der Waals surface area contributed by atoms with Gasteiger partial charge in [-0.15, -0.1) is 0 Å². The molecule has 4 atom stereocenters. The average Bonchev–Trinajstić information content (AvgIpc) is 2.63. The van der Waals surface area contributed by atoms with Gasteiger partial charge in [0.25, 0.3) is 0 Å². The quantitative estimate of drug-likeness (QED) is 0.722. The predicted octanol–water partition coefficient (Wildman–Crippen LogP) is 1.00. The molecule has 0 bridgehead atoms. The minimum absolute atomic E-state index is 0.503. The number of nitrogens with one attached hydrogen (secondary N) is 1. The maximum absolute atomic E-state index is 11.3. The summed E-state index contributed by atoms with van der Waals surface area (Å²) in [6, 6.07) is 0. The highest BCUT2D eigenvalue weighted by atomic mass is 32.2. The second kappa shape index (κ2) is 4.09. The van der Waals surface area contributed by atoms with Gasteiger partial charge in [0, 0.05) is 22.3 Å². The third-order valence-electron chi connectivity index (χ3n) is 3.45. The van der Waals surface area contributed by atoms with Gasteiger partial charge in [0.1, 0.15) is 0 Å². The minimum Gasteiger partial charge on any atom is -0.316 e. The lowest BCUT2D eigenvalue weighted by molar-refractivity contribution is 0.352. The van der Waals surface area contributed by atoms with E-state index >= 15 is 0 Å². The van der Waals surface area contributed by atoms with Gasteiger partial charge in [0.15, 0.2) is 0 Å². The fourth-order valence-corrected chi connectivity index (χ4v) is 4.48. The second-order valence-corrected chi connectivity index (χ2v) is 6.15. The van der Waals surface area contributed by atoms with Crippen LogP contribution in [0.4, 0.5) is 0 Å². The molecule has 0 aromatic carbocycles. The van der Waals surface area contributed by atoms with E-state index in [1.54, 1.807) is 0 Å². The summed E-state index contributed by atoms with van der Waals surface area (Å²) in [5.74, 6) is 4.22. The van der Waals surface area contributed by atoms with Gasteiger partial charge in [-0.25, -0.2) is 0 Å². The Kier molecular flexibility index (Phi) is 3.04. The smallest absolute Gasteiger partial charge is 0.0266 e. The van der Waals surface area contributed by atoms with Crippen LogP contribution in [0.1, 0.15) is 19.8 Å². The minimum atomic E-state index is -0.503. The van der Waals surface area contributed by atoms with Crippen molar-refractivity contribution in [2.75, 3.05) is 24.6 Å². The molecule has 2 aliphatic rings. The van der Waals surface area contributed by atoms with E-state index in [9.17, 15) is 4.21 Å². The highest BCUT2D eigenvalue weighted by Crippen LogP contribution is 2.30. The zero-order valence-corrected chi connectivity index (χ0v) is 9.11. The van der Waals surface area contributed by atoms with Crippen LogP contribution in [0.5, 0.6) is 0 Å². The second-order valence-electron chi connectivity index (χ2n) is 4.61. The largest absolute Gasteiger partial charge is 0.316 e. The van der Waals surface area contributed by atoms with Crippen molar-refractivity contribution < 1.29 is 4.21 Å². The van der Waals surface area contributed by atoms with Gasteiger partial charge in [-0.3, -0.25) is 4.21 Å². The maximum atomic E-state index is 11.3. The van der Waals surface area contributed by atoms with Gasteiger partial charge in [0.2, 0.25) is 0 Å². The SMILES string of the molecule is CC1CS(=O)CC1CC1CCNC1. The summed E-state index contributed by atoms with van der Waals surface area (Å²) in [7, 11) is -0.503. The molecule has 0 aromatic heterocycles. The third-order valence-corrected chi connectivity index (χ3v) is 5.15. The van der Waals surface area contributed by atoms with Crippen molar-refractivity contribution >= 4 is 10.8 Å². The van der Waals surface area contributed by atoms with E-state index in [1.165, 1.54) is 25.9 Å². The highest BCUT2D eigenvalue weighted by molar-refractivity contribution is 7.85. The molecule has 2 heterocycles. The molecule has 2 rings (SSSR count). The van der Waals surface area contributed by atoms with Crippen LogP contribution in [-0.2, 0) is 10.8 Å². The Morgan fingerprint density at radius 1 is 1.46 bits per heavy atom. The van der Waals surface area contributed by atoms with Crippen molar-refractivity contribution in [2.45, 2.75) is 19.8 Å². The Morgan fingerprint density at radius 3 is 2.85 bits per heavy atom. The Bertz CT molecular complexity index is 201. The molecule has 4 unspecified atom stereocenters. The van der Waals surface area contributed by atoms with Gasteiger partial charge < -0.3 is 5.32 Å². The Morgan fingerprint density at radius 2 is 2.31 bits per heavy atom. The lowest BCUT2D eigenvalue weighted by atomic mass is 9.87. The molecule has 2 saturated heterocycles. The van der Waals surface area contributed by atoms with E-state index in [1.807, 2.05) is 0 Å². The summed E-state index contributed by atoms with van der Waals surface area (Å²) in [4.78, 5) is 0. The van der Waals surface area contributed by atoms with Crippen LogP contribution in [-0.4, -0.2) is 28.8 Å². The predicted molar refractivity (Wildman–Crippen MR) is 56.1 cm³/mol. The average molecular weight is 201 g/mol. The van der Waals surface area contributed by atoms with Gasteiger partial charge >= 0.3 is 0 Å². The van der Waals surface area contributed by atoms with E-state index in [-0.39, 0.29) is 0 Å². The molecule has 0 radical (unpaired) electrons. The van der Waals surface area contributed by atoms with Gasteiger partial charge in [-0.1, -0.05) is 6.92 Å². The molecule has 2 nitrogen and oxygen atoms in total. The van der Waals surface area contributed by atoms with Crippen LogP contribution in [0.3, 0.4) is 0 Å².